The summed E-state index contributed by atoms with van der Waals surface area (Å²) in [4.78, 5) is 30.1. The molecule has 1 aromatic carbocycles. The van der Waals surface area contributed by atoms with Gasteiger partial charge in [0.2, 0.25) is 11.8 Å². The van der Waals surface area contributed by atoms with Crippen LogP contribution in [-0.4, -0.2) is 66.1 Å². The highest BCUT2D eigenvalue weighted by molar-refractivity contribution is 5.89. The number of carbonyl (C=O) groups is 2. The summed E-state index contributed by atoms with van der Waals surface area (Å²) < 4.78 is 5.42. The Morgan fingerprint density at radius 2 is 1.96 bits per heavy atom. The Balaban J connectivity index is 1.67. The Labute approximate surface area is 165 Å². The van der Waals surface area contributed by atoms with Gasteiger partial charge >= 0.3 is 0 Å². The van der Waals surface area contributed by atoms with E-state index in [2.05, 4.69) is 34.4 Å². The van der Waals surface area contributed by atoms with Crippen LogP contribution in [0, 0.1) is 0 Å². The molecule has 2 aromatic rings. The maximum absolute atomic E-state index is 12.9. The first-order valence-electron chi connectivity index (χ1n) is 9.79. The van der Waals surface area contributed by atoms with Crippen LogP contribution in [0.25, 0.3) is 10.9 Å². The van der Waals surface area contributed by atoms with E-state index in [1.165, 1.54) is 6.92 Å². The van der Waals surface area contributed by atoms with Crippen LogP contribution in [0.1, 0.15) is 26.3 Å². The zero-order valence-electron chi connectivity index (χ0n) is 16.9. The van der Waals surface area contributed by atoms with E-state index in [0.717, 1.165) is 29.6 Å². The Hall–Kier alpha value is -2.38. The number of hydrogen-bond acceptors (Lipinski definition) is 4. The highest BCUT2D eigenvalue weighted by Crippen LogP contribution is 2.19. The van der Waals surface area contributed by atoms with E-state index in [9.17, 15) is 9.59 Å². The van der Waals surface area contributed by atoms with Gasteiger partial charge in [-0.15, -0.1) is 0 Å². The van der Waals surface area contributed by atoms with E-state index in [1.54, 1.807) is 0 Å². The van der Waals surface area contributed by atoms with Crippen LogP contribution in [0.4, 0.5) is 0 Å². The van der Waals surface area contributed by atoms with Gasteiger partial charge in [0.15, 0.2) is 0 Å². The zero-order valence-corrected chi connectivity index (χ0v) is 16.9. The fourth-order valence-corrected chi connectivity index (χ4v) is 3.68. The average Bonchev–Trinajstić information content (AvgIpc) is 3.09. The summed E-state index contributed by atoms with van der Waals surface area (Å²) in [5, 5.41) is 6.91. The molecule has 0 unspecified atom stereocenters. The molecule has 2 amide bonds. The Morgan fingerprint density at radius 3 is 2.68 bits per heavy atom. The third kappa shape index (κ3) is 4.91. The molecule has 7 nitrogen and oxygen atoms in total. The second kappa shape index (κ2) is 8.75. The van der Waals surface area contributed by atoms with Gasteiger partial charge in [-0.1, -0.05) is 18.2 Å². The minimum Gasteiger partial charge on any atom is -0.379 e. The molecule has 1 saturated heterocycles. The van der Waals surface area contributed by atoms with Crippen LogP contribution in [0.5, 0.6) is 0 Å². The monoisotopic (exact) mass is 386 g/mol. The van der Waals surface area contributed by atoms with Crippen molar-refractivity contribution in [3.8, 4) is 0 Å². The van der Waals surface area contributed by atoms with Crippen molar-refractivity contribution in [2.24, 2.45) is 0 Å². The van der Waals surface area contributed by atoms with Gasteiger partial charge in [0.1, 0.15) is 6.04 Å². The van der Waals surface area contributed by atoms with E-state index < -0.39 is 6.04 Å². The third-order valence-electron chi connectivity index (χ3n) is 5.36. The molecule has 152 valence electrons. The first kappa shape index (κ1) is 20.4. The molecule has 7 heteroatoms. The number of nitrogens with one attached hydrogen (secondary N) is 3. The summed E-state index contributed by atoms with van der Waals surface area (Å²) in [7, 11) is 0. The average molecular weight is 386 g/mol. The number of rotatable bonds is 7. The maximum Gasteiger partial charge on any atom is 0.242 e. The fourth-order valence-electron chi connectivity index (χ4n) is 3.68. The summed E-state index contributed by atoms with van der Waals surface area (Å²) in [5.41, 5.74) is 1.85. The predicted molar refractivity (Wildman–Crippen MR) is 109 cm³/mol. The minimum atomic E-state index is -0.614. The van der Waals surface area contributed by atoms with Crippen LogP contribution < -0.4 is 10.6 Å². The van der Waals surface area contributed by atoms with Crippen molar-refractivity contribution in [1.82, 2.24) is 20.5 Å². The van der Waals surface area contributed by atoms with Crippen molar-refractivity contribution in [2.45, 2.75) is 38.8 Å². The molecule has 1 fully saturated rings. The zero-order chi connectivity index (χ0) is 20.1. The number of fused-ring (bicyclic) bond motifs is 1. The van der Waals surface area contributed by atoms with Crippen molar-refractivity contribution in [1.29, 1.82) is 0 Å². The smallest absolute Gasteiger partial charge is 0.242 e. The third-order valence-corrected chi connectivity index (χ3v) is 5.36. The first-order chi connectivity index (χ1) is 13.4. The predicted octanol–water partition coefficient (Wildman–Crippen LogP) is 1.44. The van der Waals surface area contributed by atoms with Crippen molar-refractivity contribution in [3.05, 3.63) is 36.0 Å². The number of carbonyl (C=O) groups excluding carboxylic acids is 2. The van der Waals surface area contributed by atoms with E-state index in [4.69, 9.17) is 4.74 Å². The summed E-state index contributed by atoms with van der Waals surface area (Å²) >= 11 is 0. The largest absolute Gasteiger partial charge is 0.379 e. The van der Waals surface area contributed by atoms with Crippen molar-refractivity contribution >= 4 is 22.7 Å². The minimum absolute atomic E-state index is 0.165. The maximum atomic E-state index is 12.9. The molecule has 0 radical (unpaired) electrons. The molecule has 1 aromatic heterocycles. The standard InChI is InChI=1S/C21H30N4O3/c1-15(26)24-19(12-16-13-22-18-7-5-4-6-17(16)18)20(27)23-14-21(2,3)25-8-10-28-11-9-25/h4-7,13,19,22H,8-12,14H2,1-3H3,(H,23,27)(H,24,26)/t19-/m0/s1. The van der Waals surface area contributed by atoms with Gasteiger partial charge in [0.25, 0.3) is 0 Å². The number of amides is 2. The Morgan fingerprint density at radius 1 is 1.25 bits per heavy atom. The number of aromatic amines is 1. The van der Waals surface area contributed by atoms with Gasteiger partial charge < -0.3 is 20.4 Å². The summed E-state index contributed by atoms with van der Waals surface area (Å²) in [6.45, 7) is 9.32. The molecule has 0 bridgehead atoms. The molecule has 0 aliphatic carbocycles. The SMILES string of the molecule is CC(=O)N[C@@H](Cc1c[nH]c2ccccc12)C(=O)NCC(C)(C)N1CCOCC1. The number of nitrogens with zero attached hydrogens (tertiary/aromatic N) is 1. The van der Waals surface area contributed by atoms with Crippen LogP contribution in [0.2, 0.25) is 0 Å². The van der Waals surface area contributed by atoms with Crippen LogP contribution >= 0.6 is 0 Å². The lowest BCUT2D eigenvalue weighted by atomic mass is 10.0. The second-order valence-electron chi connectivity index (χ2n) is 7.95. The van der Waals surface area contributed by atoms with Crippen LogP contribution in [-0.2, 0) is 20.7 Å². The Bertz CT molecular complexity index is 824. The molecule has 0 saturated carbocycles. The van der Waals surface area contributed by atoms with E-state index in [0.29, 0.717) is 26.2 Å². The van der Waals surface area contributed by atoms with Gasteiger partial charge in [-0.05, 0) is 25.5 Å². The van der Waals surface area contributed by atoms with Gasteiger partial charge in [-0.3, -0.25) is 14.5 Å². The van der Waals surface area contributed by atoms with Crippen molar-refractivity contribution < 1.29 is 14.3 Å². The number of H-pyrrole nitrogens is 1. The summed E-state index contributed by atoms with van der Waals surface area (Å²) in [6, 6.07) is 7.34. The van der Waals surface area contributed by atoms with Gasteiger partial charge in [-0.25, -0.2) is 0 Å². The van der Waals surface area contributed by atoms with Crippen molar-refractivity contribution in [3.63, 3.8) is 0 Å². The van der Waals surface area contributed by atoms with Crippen LogP contribution in [0.15, 0.2) is 30.5 Å². The molecule has 1 atom stereocenters. The quantitative estimate of drug-likeness (QED) is 0.672. The molecular weight excluding hydrogens is 356 g/mol. The molecule has 3 rings (SSSR count). The van der Waals surface area contributed by atoms with Gasteiger partial charge in [-0.2, -0.15) is 0 Å². The first-order valence-corrected chi connectivity index (χ1v) is 9.79. The molecule has 0 spiro atoms. The second-order valence-corrected chi connectivity index (χ2v) is 7.95. The number of morpholine rings is 1. The lowest BCUT2D eigenvalue weighted by molar-refractivity contribution is -0.128. The van der Waals surface area contributed by atoms with Crippen LogP contribution in [0.3, 0.4) is 0 Å². The summed E-state index contributed by atoms with van der Waals surface area (Å²) in [6.07, 6.45) is 2.35. The van der Waals surface area contributed by atoms with E-state index >= 15 is 0 Å². The molecule has 28 heavy (non-hydrogen) atoms. The number of para-hydroxylation sites is 1. The molecule has 2 heterocycles. The number of ether oxygens (including phenoxy) is 1. The van der Waals surface area contributed by atoms with Crippen molar-refractivity contribution in [2.75, 3.05) is 32.8 Å². The van der Waals surface area contributed by atoms with E-state index in [-0.39, 0.29) is 17.4 Å². The summed E-state index contributed by atoms with van der Waals surface area (Å²) in [5.74, 6) is -0.380. The molecular formula is C21H30N4O3. The number of aromatic nitrogens is 1. The molecule has 3 N–H and O–H groups in total. The van der Waals surface area contributed by atoms with Gasteiger partial charge in [0, 0.05) is 55.6 Å². The van der Waals surface area contributed by atoms with Gasteiger partial charge in [0.05, 0.1) is 13.2 Å². The van der Waals surface area contributed by atoms with E-state index in [1.807, 2.05) is 30.5 Å². The number of hydrogen-bond donors (Lipinski definition) is 3. The normalized spacial score (nSPS) is 16.7. The highest BCUT2D eigenvalue weighted by atomic mass is 16.5. The lowest BCUT2D eigenvalue weighted by Crippen LogP contribution is -2.57. The Kier molecular flexibility index (Phi) is 6.36. The lowest BCUT2D eigenvalue weighted by Gasteiger charge is -2.41. The topological polar surface area (TPSA) is 86.5 Å². The highest BCUT2D eigenvalue weighted by Gasteiger charge is 2.30. The molecule has 1 aliphatic rings. The molecule has 1 aliphatic heterocycles. The fraction of sp³-hybridized carbons (Fsp3) is 0.524. The number of benzene rings is 1.